The summed E-state index contributed by atoms with van der Waals surface area (Å²) in [6.45, 7) is 11.3. The Bertz CT molecular complexity index is 577. The first-order chi connectivity index (χ1) is 12.1. The summed E-state index contributed by atoms with van der Waals surface area (Å²) in [5.41, 5.74) is 7.44. The lowest BCUT2D eigenvalue weighted by Gasteiger charge is -2.23. The topological polar surface area (TPSA) is 56.9 Å². The zero-order valence-electron chi connectivity index (χ0n) is 16.2. The van der Waals surface area contributed by atoms with Crippen LogP contribution < -0.4 is 16.0 Å². The van der Waals surface area contributed by atoms with Gasteiger partial charge in [-0.15, -0.1) is 24.0 Å². The number of guanidine groups is 1. The first kappa shape index (κ1) is 23.0. The van der Waals surface area contributed by atoms with E-state index >= 15 is 0 Å². The summed E-state index contributed by atoms with van der Waals surface area (Å²) < 4.78 is 14.3. The lowest BCUT2D eigenvalue weighted by Crippen LogP contribution is -2.42. The van der Waals surface area contributed by atoms with Crippen LogP contribution >= 0.6 is 24.0 Å². The van der Waals surface area contributed by atoms with Gasteiger partial charge in [-0.25, -0.2) is 9.38 Å². The molecule has 7 heteroatoms. The molecule has 5 nitrogen and oxygen atoms in total. The van der Waals surface area contributed by atoms with Gasteiger partial charge in [-0.2, -0.15) is 0 Å². The second-order valence-corrected chi connectivity index (χ2v) is 6.47. The van der Waals surface area contributed by atoms with Gasteiger partial charge in [0.2, 0.25) is 0 Å². The van der Waals surface area contributed by atoms with Gasteiger partial charge in [0.1, 0.15) is 5.82 Å². The fourth-order valence-corrected chi connectivity index (χ4v) is 3.47. The number of halogens is 2. The van der Waals surface area contributed by atoms with Crippen LogP contribution in [0.3, 0.4) is 0 Å². The molecule has 0 saturated carbocycles. The molecular formula is C19H33FIN5. The molecule has 1 unspecified atom stereocenters. The number of aliphatic imine (C=N–C) groups is 1. The highest BCUT2D eigenvalue weighted by Gasteiger charge is 2.22. The van der Waals surface area contributed by atoms with E-state index < -0.39 is 0 Å². The second kappa shape index (κ2) is 11.6. The highest BCUT2D eigenvalue weighted by Crippen LogP contribution is 2.20. The number of nitrogens with one attached hydrogen (secondary N) is 1. The number of nitrogens with two attached hydrogens (primary N) is 1. The third-order valence-electron chi connectivity index (χ3n) is 4.97. The molecule has 0 bridgehead atoms. The van der Waals surface area contributed by atoms with Gasteiger partial charge < -0.3 is 16.0 Å². The predicted octanol–water partition coefficient (Wildman–Crippen LogP) is 3.18. The summed E-state index contributed by atoms with van der Waals surface area (Å²) in [6.07, 6.45) is 2.45. The number of hydrogen-bond acceptors (Lipinski definition) is 3. The minimum Gasteiger partial charge on any atom is -0.370 e. The molecule has 26 heavy (non-hydrogen) atoms. The van der Waals surface area contributed by atoms with Gasteiger partial charge in [0.05, 0.1) is 12.2 Å². The first-order valence-electron chi connectivity index (χ1n) is 9.40. The number of likely N-dealkylation sites (N-methyl/N-ethyl adjacent to an activating group) is 1. The molecule has 0 aliphatic carbocycles. The van der Waals surface area contributed by atoms with E-state index in [1.807, 2.05) is 30.9 Å². The molecule has 1 aromatic rings. The summed E-state index contributed by atoms with van der Waals surface area (Å²) in [6, 6.07) is 5.84. The standard InChI is InChI=1S/C19H32FN5.HI/c1-4-24(5-2)18-10-9-15(12-17(18)20)13-22-19(21)23-14-16-8-7-11-25(16)6-3;/h9-10,12,16H,4-8,11,13-14H2,1-3H3,(H3,21,22,23);1H. The van der Waals surface area contributed by atoms with Gasteiger partial charge in [0.25, 0.3) is 0 Å². The van der Waals surface area contributed by atoms with E-state index in [4.69, 9.17) is 5.73 Å². The average Bonchev–Trinajstić information content (AvgIpc) is 3.08. The molecule has 1 aliphatic rings. The molecule has 1 fully saturated rings. The van der Waals surface area contributed by atoms with Gasteiger partial charge >= 0.3 is 0 Å². The van der Waals surface area contributed by atoms with E-state index in [0.717, 1.165) is 38.3 Å². The number of hydrogen-bond donors (Lipinski definition) is 2. The van der Waals surface area contributed by atoms with Crippen molar-refractivity contribution in [2.45, 2.75) is 46.2 Å². The highest BCUT2D eigenvalue weighted by molar-refractivity contribution is 14.0. The third-order valence-corrected chi connectivity index (χ3v) is 4.97. The SMILES string of the molecule is CCN(CC)c1ccc(CN=C(N)NCC2CCCN2CC)cc1F.I. The molecule has 0 aromatic heterocycles. The number of rotatable bonds is 8. The van der Waals surface area contributed by atoms with Crippen LogP contribution in [0.5, 0.6) is 0 Å². The minimum absolute atomic E-state index is 0. The van der Waals surface area contributed by atoms with Crippen LogP contribution in [0, 0.1) is 5.82 Å². The zero-order valence-corrected chi connectivity index (χ0v) is 18.5. The van der Waals surface area contributed by atoms with E-state index in [1.54, 1.807) is 6.07 Å². The predicted molar refractivity (Wildman–Crippen MR) is 119 cm³/mol. The smallest absolute Gasteiger partial charge is 0.188 e. The molecule has 1 saturated heterocycles. The Morgan fingerprint density at radius 3 is 2.69 bits per heavy atom. The van der Waals surface area contributed by atoms with Crippen molar-refractivity contribution in [1.29, 1.82) is 0 Å². The Hall–Kier alpha value is -1.09. The highest BCUT2D eigenvalue weighted by atomic mass is 127. The number of nitrogens with zero attached hydrogens (tertiary/aromatic N) is 3. The lowest BCUT2D eigenvalue weighted by molar-refractivity contribution is 0.267. The summed E-state index contributed by atoms with van der Waals surface area (Å²) in [7, 11) is 0. The molecule has 1 aromatic carbocycles. The molecule has 0 radical (unpaired) electrons. The number of benzene rings is 1. The van der Waals surface area contributed by atoms with Crippen LogP contribution in [-0.2, 0) is 6.54 Å². The maximum Gasteiger partial charge on any atom is 0.188 e. The Morgan fingerprint density at radius 1 is 1.35 bits per heavy atom. The van der Waals surface area contributed by atoms with Gasteiger partial charge in [0, 0.05) is 25.7 Å². The van der Waals surface area contributed by atoms with Gasteiger partial charge in [-0.1, -0.05) is 13.0 Å². The monoisotopic (exact) mass is 477 g/mol. The van der Waals surface area contributed by atoms with E-state index in [2.05, 4.69) is 22.1 Å². The molecule has 148 valence electrons. The number of anilines is 1. The Balaban J connectivity index is 0.00000338. The number of likely N-dealkylation sites (tertiary alicyclic amines) is 1. The van der Waals surface area contributed by atoms with Crippen LogP contribution in [0.25, 0.3) is 0 Å². The van der Waals surface area contributed by atoms with Crippen LogP contribution in [0.4, 0.5) is 10.1 Å². The van der Waals surface area contributed by atoms with Crippen molar-refractivity contribution in [3.05, 3.63) is 29.6 Å². The quantitative estimate of drug-likeness (QED) is 0.343. The molecule has 0 spiro atoms. The molecule has 1 aliphatic heterocycles. The minimum atomic E-state index is -0.201. The van der Waals surface area contributed by atoms with Crippen molar-refractivity contribution >= 4 is 35.6 Å². The molecular weight excluding hydrogens is 444 g/mol. The normalized spacial score (nSPS) is 17.8. The molecule has 3 N–H and O–H groups in total. The zero-order chi connectivity index (χ0) is 18.2. The summed E-state index contributed by atoms with van der Waals surface area (Å²) in [5, 5.41) is 3.21. The molecule has 1 heterocycles. The molecule has 1 atom stereocenters. The van der Waals surface area contributed by atoms with Gasteiger partial charge in [0.15, 0.2) is 5.96 Å². The Labute approximate surface area is 174 Å². The van der Waals surface area contributed by atoms with E-state index in [9.17, 15) is 4.39 Å². The second-order valence-electron chi connectivity index (χ2n) is 6.47. The summed E-state index contributed by atoms with van der Waals surface area (Å²) in [4.78, 5) is 8.81. The van der Waals surface area contributed by atoms with Crippen LogP contribution in [-0.4, -0.2) is 49.6 Å². The van der Waals surface area contributed by atoms with Crippen LogP contribution in [0.1, 0.15) is 39.2 Å². The van der Waals surface area contributed by atoms with Crippen molar-refractivity contribution < 1.29 is 4.39 Å². The van der Waals surface area contributed by atoms with Crippen molar-refractivity contribution in [2.75, 3.05) is 37.6 Å². The average molecular weight is 477 g/mol. The van der Waals surface area contributed by atoms with E-state index in [1.165, 1.54) is 12.8 Å². The molecule has 0 amide bonds. The van der Waals surface area contributed by atoms with E-state index in [0.29, 0.717) is 24.2 Å². The largest absolute Gasteiger partial charge is 0.370 e. The maximum absolute atomic E-state index is 14.3. The van der Waals surface area contributed by atoms with E-state index in [-0.39, 0.29) is 29.8 Å². The van der Waals surface area contributed by atoms with Crippen molar-refractivity contribution in [1.82, 2.24) is 10.2 Å². The lowest BCUT2D eigenvalue weighted by atomic mass is 10.2. The third kappa shape index (κ3) is 6.26. The van der Waals surface area contributed by atoms with Crippen molar-refractivity contribution in [3.8, 4) is 0 Å². The fraction of sp³-hybridized carbons (Fsp3) is 0.632. The van der Waals surface area contributed by atoms with Gasteiger partial charge in [-0.3, -0.25) is 4.90 Å². The maximum atomic E-state index is 14.3. The summed E-state index contributed by atoms with van der Waals surface area (Å²) in [5.74, 6) is 0.226. The first-order valence-corrected chi connectivity index (χ1v) is 9.40. The van der Waals surface area contributed by atoms with Crippen molar-refractivity contribution in [2.24, 2.45) is 10.7 Å². The fourth-order valence-electron chi connectivity index (χ4n) is 3.47. The Kier molecular flexibility index (Phi) is 10.2. The van der Waals surface area contributed by atoms with Crippen LogP contribution in [0.2, 0.25) is 0 Å². The van der Waals surface area contributed by atoms with Gasteiger partial charge in [-0.05, 0) is 57.5 Å². The Morgan fingerprint density at radius 2 is 2.08 bits per heavy atom. The molecule has 2 rings (SSSR count). The summed E-state index contributed by atoms with van der Waals surface area (Å²) >= 11 is 0. The van der Waals surface area contributed by atoms with Crippen molar-refractivity contribution in [3.63, 3.8) is 0 Å². The van der Waals surface area contributed by atoms with Crippen LogP contribution in [0.15, 0.2) is 23.2 Å².